The first-order valence-electron chi connectivity index (χ1n) is 7.61. The molecule has 0 heterocycles. The van der Waals surface area contributed by atoms with E-state index >= 15 is 0 Å². The summed E-state index contributed by atoms with van der Waals surface area (Å²) in [5.74, 6) is -0.952. The Bertz CT molecular complexity index is 863. The normalized spacial score (nSPS) is 12.6. The molecule has 0 radical (unpaired) electrons. The molecule has 0 aliphatic rings. The van der Waals surface area contributed by atoms with E-state index in [1.54, 1.807) is 25.1 Å². The van der Waals surface area contributed by atoms with Crippen LogP contribution in [0.3, 0.4) is 0 Å². The van der Waals surface area contributed by atoms with Gasteiger partial charge < -0.3 is 10.1 Å². The quantitative estimate of drug-likeness (QED) is 0.854. The second-order valence-electron chi connectivity index (χ2n) is 5.85. The number of sulfone groups is 1. The highest BCUT2D eigenvalue weighted by Gasteiger charge is 2.13. The molecule has 2 rings (SSSR count). The molecule has 1 N–H and O–H groups in total. The first kappa shape index (κ1) is 19.1. The maximum atomic E-state index is 13.9. The highest BCUT2D eigenvalue weighted by Crippen LogP contribution is 2.24. The molecule has 25 heavy (non-hydrogen) atoms. The van der Waals surface area contributed by atoms with Crippen molar-refractivity contribution in [3.05, 3.63) is 53.8 Å². The van der Waals surface area contributed by atoms with Crippen molar-refractivity contribution < 1.29 is 22.3 Å². The molecule has 1 atom stereocenters. The smallest absolute Gasteiger partial charge is 0.251 e. The summed E-state index contributed by atoms with van der Waals surface area (Å²) < 4.78 is 41.9. The Morgan fingerprint density at radius 1 is 1.16 bits per heavy atom. The fraction of sp³-hybridized carbons (Fsp3) is 0.278. The van der Waals surface area contributed by atoms with E-state index in [1.807, 2.05) is 0 Å². The van der Waals surface area contributed by atoms with Crippen LogP contribution < -0.4 is 5.32 Å². The highest BCUT2D eigenvalue weighted by molar-refractivity contribution is 7.90. The van der Waals surface area contributed by atoms with Crippen LogP contribution in [0.25, 0.3) is 11.1 Å². The topological polar surface area (TPSA) is 72.5 Å². The van der Waals surface area contributed by atoms with E-state index in [4.69, 9.17) is 4.74 Å². The minimum Gasteiger partial charge on any atom is -0.383 e. The van der Waals surface area contributed by atoms with Crippen molar-refractivity contribution >= 4 is 15.7 Å². The van der Waals surface area contributed by atoms with Crippen LogP contribution in [0.4, 0.5) is 4.39 Å². The molecule has 1 amide bonds. The van der Waals surface area contributed by atoms with Gasteiger partial charge in [-0.2, -0.15) is 0 Å². The number of halogens is 1. The van der Waals surface area contributed by atoms with Crippen molar-refractivity contribution in [3.63, 3.8) is 0 Å². The molecule has 0 fully saturated rings. The van der Waals surface area contributed by atoms with Gasteiger partial charge in [0.05, 0.1) is 11.5 Å². The lowest BCUT2D eigenvalue weighted by Gasteiger charge is -2.13. The fourth-order valence-electron chi connectivity index (χ4n) is 2.38. The molecule has 0 bridgehead atoms. The summed E-state index contributed by atoms with van der Waals surface area (Å²) in [7, 11) is -1.77. The number of carbonyl (C=O) groups excluding carboxylic acids is 1. The third-order valence-electron chi connectivity index (χ3n) is 3.57. The van der Waals surface area contributed by atoms with Crippen LogP contribution in [0.15, 0.2) is 47.4 Å². The molecule has 0 saturated heterocycles. The molecule has 0 aromatic heterocycles. The van der Waals surface area contributed by atoms with Crippen molar-refractivity contribution in [2.45, 2.75) is 17.9 Å². The minimum atomic E-state index is -3.30. The molecule has 2 aromatic carbocycles. The number of methoxy groups -OCH3 is 1. The van der Waals surface area contributed by atoms with Gasteiger partial charge in [-0.05, 0) is 48.4 Å². The van der Waals surface area contributed by atoms with Crippen LogP contribution in [0.1, 0.15) is 17.3 Å². The number of benzene rings is 2. The van der Waals surface area contributed by atoms with Gasteiger partial charge in [0, 0.05) is 25.0 Å². The maximum absolute atomic E-state index is 13.9. The first-order valence-corrected chi connectivity index (χ1v) is 9.50. The zero-order valence-corrected chi connectivity index (χ0v) is 15.1. The molecular formula is C18H20FNO4S. The molecular weight excluding hydrogens is 345 g/mol. The summed E-state index contributed by atoms with van der Waals surface area (Å²) in [5.41, 5.74) is 1.29. The van der Waals surface area contributed by atoms with Gasteiger partial charge in [-0.25, -0.2) is 12.8 Å². The van der Waals surface area contributed by atoms with E-state index in [0.717, 1.165) is 12.3 Å². The summed E-state index contributed by atoms with van der Waals surface area (Å²) in [5, 5.41) is 2.72. The van der Waals surface area contributed by atoms with E-state index in [9.17, 15) is 17.6 Å². The molecule has 0 aliphatic carbocycles. The molecule has 1 unspecified atom stereocenters. The Labute approximate surface area is 146 Å². The van der Waals surface area contributed by atoms with Gasteiger partial charge in [0.25, 0.3) is 5.91 Å². The predicted molar refractivity (Wildman–Crippen MR) is 93.8 cm³/mol. The van der Waals surface area contributed by atoms with Crippen LogP contribution in [-0.4, -0.2) is 40.3 Å². The van der Waals surface area contributed by atoms with Gasteiger partial charge in [0.1, 0.15) is 5.82 Å². The lowest BCUT2D eigenvalue weighted by atomic mass is 10.0. The van der Waals surface area contributed by atoms with Crippen LogP contribution in [0.2, 0.25) is 0 Å². The van der Waals surface area contributed by atoms with Crippen LogP contribution in [0, 0.1) is 5.82 Å². The Hall–Kier alpha value is -2.25. The van der Waals surface area contributed by atoms with Crippen LogP contribution >= 0.6 is 0 Å². The summed E-state index contributed by atoms with van der Waals surface area (Å²) in [6, 6.07) is 9.88. The highest BCUT2D eigenvalue weighted by atomic mass is 32.2. The van der Waals surface area contributed by atoms with Crippen molar-refractivity contribution in [1.82, 2.24) is 5.32 Å². The van der Waals surface area contributed by atoms with Gasteiger partial charge in [0.15, 0.2) is 9.84 Å². The van der Waals surface area contributed by atoms with Crippen LogP contribution in [-0.2, 0) is 14.6 Å². The molecule has 0 aliphatic heterocycles. The third-order valence-corrected chi connectivity index (χ3v) is 4.70. The average molecular weight is 365 g/mol. The van der Waals surface area contributed by atoms with Gasteiger partial charge in [-0.1, -0.05) is 12.1 Å². The lowest BCUT2D eigenvalue weighted by molar-refractivity contribution is 0.0905. The van der Waals surface area contributed by atoms with Gasteiger partial charge in [-0.15, -0.1) is 0 Å². The zero-order valence-electron chi connectivity index (χ0n) is 14.2. The first-order chi connectivity index (χ1) is 11.7. The summed E-state index contributed by atoms with van der Waals surface area (Å²) in [4.78, 5) is 12.4. The monoisotopic (exact) mass is 365 g/mol. The number of nitrogens with one attached hydrogen (secondary N) is 1. The molecule has 7 heteroatoms. The summed E-state index contributed by atoms with van der Waals surface area (Å²) >= 11 is 0. The van der Waals surface area contributed by atoms with E-state index in [-0.39, 0.29) is 16.5 Å². The van der Waals surface area contributed by atoms with Gasteiger partial charge >= 0.3 is 0 Å². The van der Waals surface area contributed by atoms with Crippen molar-refractivity contribution in [3.8, 4) is 11.1 Å². The third kappa shape index (κ3) is 5.11. The van der Waals surface area contributed by atoms with Crippen molar-refractivity contribution in [1.29, 1.82) is 0 Å². The lowest BCUT2D eigenvalue weighted by Crippen LogP contribution is -2.35. The molecule has 0 spiro atoms. The van der Waals surface area contributed by atoms with E-state index < -0.39 is 21.6 Å². The SMILES string of the molecule is COCC(C)NC(=O)c1cc(F)cc(-c2ccc(S(C)(=O)=O)cc2)c1. The molecule has 134 valence electrons. The zero-order chi connectivity index (χ0) is 18.6. The number of amides is 1. The number of hydrogen-bond donors (Lipinski definition) is 1. The van der Waals surface area contributed by atoms with E-state index in [2.05, 4.69) is 5.32 Å². The second kappa shape index (κ2) is 7.76. The standard InChI is InChI=1S/C18H20FNO4S/c1-12(11-24-2)20-18(21)15-8-14(9-16(19)10-15)13-4-6-17(7-5-13)25(3,22)23/h4-10,12H,11H2,1-3H3,(H,20,21). The number of carbonyl (C=O) groups is 1. The minimum absolute atomic E-state index is 0.180. The summed E-state index contributed by atoms with van der Waals surface area (Å²) in [6.45, 7) is 2.13. The van der Waals surface area contributed by atoms with Crippen molar-refractivity contribution in [2.75, 3.05) is 20.0 Å². The molecule has 5 nitrogen and oxygen atoms in total. The summed E-state index contributed by atoms with van der Waals surface area (Å²) in [6.07, 6.45) is 1.12. The molecule has 2 aromatic rings. The Morgan fingerprint density at radius 3 is 2.36 bits per heavy atom. The average Bonchev–Trinajstić information content (AvgIpc) is 2.53. The van der Waals surface area contributed by atoms with Gasteiger partial charge in [0.2, 0.25) is 0 Å². The van der Waals surface area contributed by atoms with E-state index in [1.165, 1.54) is 25.3 Å². The maximum Gasteiger partial charge on any atom is 0.251 e. The Balaban J connectivity index is 2.31. The molecule has 0 saturated carbocycles. The van der Waals surface area contributed by atoms with Crippen molar-refractivity contribution in [2.24, 2.45) is 0 Å². The fourth-order valence-corrected chi connectivity index (χ4v) is 3.01. The largest absolute Gasteiger partial charge is 0.383 e. The number of ether oxygens (including phenoxy) is 1. The van der Waals surface area contributed by atoms with Gasteiger partial charge in [-0.3, -0.25) is 4.79 Å². The second-order valence-corrected chi connectivity index (χ2v) is 7.87. The number of rotatable bonds is 6. The number of hydrogen-bond acceptors (Lipinski definition) is 4. The predicted octanol–water partition coefficient (Wildman–Crippen LogP) is 2.66. The Morgan fingerprint density at radius 2 is 1.80 bits per heavy atom. The van der Waals surface area contributed by atoms with E-state index in [0.29, 0.717) is 17.7 Å². The van der Waals surface area contributed by atoms with Crippen LogP contribution in [0.5, 0.6) is 0 Å². The Kier molecular flexibility index (Phi) is 5.92.